The van der Waals surface area contributed by atoms with E-state index in [9.17, 15) is 8.42 Å². The van der Waals surface area contributed by atoms with Crippen molar-refractivity contribution in [1.29, 1.82) is 0 Å². The number of rotatable bonds is 4. The minimum absolute atomic E-state index is 0.0263. The van der Waals surface area contributed by atoms with Crippen molar-refractivity contribution in [3.63, 3.8) is 0 Å². The molecular weight excluding hydrogens is 176 g/mol. The molecule has 3 nitrogen and oxygen atoms in total. The van der Waals surface area contributed by atoms with Crippen LogP contribution in [0.2, 0.25) is 0 Å². The summed E-state index contributed by atoms with van der Waals surface area (Å²) in [5.41, 5.74) is 0. The van der Waals surface area contributed by atoms with E-state index in [4.69, 9.17) is 4.18 Å². The summed E-state index contributed by atoms with van der Waals surface area (Å²) in [6.07, 6.45) is 4.97. The van der Waals surface area contributed by atoms with Gasteiger partial charge >= 0.3 is 0 Å². The van der Waals surface area contributed by atoms with Gasteiger partial charge in [-0.25, -0.2) is 0 Å². The second-order valence-electron chi connectivity index (χ2n) is 3.26. The summed E-state index contributed by atoms with van der Waals surface area (Å²) in [7, 11) is -3.13. The standard InChI is InChI=1S/C8H16O3S/c1-2-3-4-5-8-6-7-12(9,10)11-8/h8H,2-7H2,1H3. The van der Waals surface area contributed by atoms with Crippen LogP contribution in [-0.2, 0) is 14.3 Å². The van der Waals surface area contributed by atoms with Gasteiger partial charge < -0.3 is 0 Å². The van der Waals surface area contributed by atoms with Crippen LogP contribution in [-0.4, -0.2) is 20.3 Å². The predicted molar refractivity (Wildman–Crippen MR) is 47.4 cm³/mol. The van der Waals surface area contributed by atoms with E-state index in [0.717, 1.165) is 12.8 Å². The van der Waals surface area contributed by atoms with Gasteiger partial charge in [-0.2, -0.15) is 8.42 Å². The Morgan fingerprint density at radius 3 is 2.67 bits per heavy atom. The summed E-state index contributed by atoms with van der Waals surface area (Å²) in [5.74, 6) is 0.212. The lowest BCUT2D eigenvalue weighted by Crippen LogP contribution is -2.06. The minimum Gasteiger partial charge on any atom is -0.267 e. The molecule has 0 spiro atoms. The molecule has 4 heteroatoms. The fourth-order valence-corrected chi connectivity index (χ4v) is 2.65. The van der Waals surface area contributed by atoms with E-state index in [1.807, 2.05) is 0 Å². The second kappa shape index (κ2) is 4.23. The van der Waals surface area contributed by atoms with E-state index >= 15 is 0 Å². The molecule has 1 aliphatic rings. The Labute approximate surface area is 74.2 Å². The molecule has 0 saturated carbocycles. The molecule has 0 aromatic carbocycles. The largest absolute Gasteiger partial charge is 0.267 e. The van der Waals surface area contributed by atoms with E-state index in [2.05, 4.69) is 6.92 Å². The lowest BCUT2D eigenvalue weighted by molar-refractivity contribution is 0.220. The van der Waals surface area contributed by atoms with Crippen molar-refractivity contribution >= 4 is 10.1 Å². The third-order valence-corrected chi connectivity index (χ3v) is 3.40. The molecule has 1 rings (SSSR count). The Kier molecular flexibility index (Phi) is 3.53. The van der Waals surface area contributed by atoms with E-state index < -0.39 is 10.1 Å². The van der Waals surface area contributed by atoms with Crippen LogP contribution in [0.4, 0.5) is 0 Å². The highest BCUT2D eigenvalue weighted by atomic mass is 32.2. The van der Waals surface area contributed by atoms with Crippen molar-refractivity contribution in [3.05, 3.63) is 0 Å². The van der Waals surface area contributed by atoms with Gasteiger partial charge in [-0.3, -0.25) is 4.18 Å². The van der Waals surface area contributed by atoms with Gasteiger partial charge in [0, 0.05) is 0 Å². The molecule has 0 radical (unpaired) electrons. The maximum atomic E-state index is 10.9. The van der Waals surface area contributed by atoms with Crippen LogP contribution in [0, 0.1) is 0 Å². The summed E-state index contributed by atoms with van der Waals surface area (Å²) in [4.78, 5) is 0. The Morgan fingerprint density at radius 2 is 2.17 bits per heavy atom. The van der Waals surface area contributed by atoms with Gasteiger partial charge in [-0.1, -0.05) is 26.2 Å². The lowest BCUT2D eigenvalue weighted by atomic mass is 10.1. The Balaban J connectivity index is 2.20. The maximum Gasteiger partial charge on any atom is 0.267 e. The summed E-state index contributed by atoms with van der Waals surface area (Å²) in [5, 5.41) is 0. The van der Waals surface area contributed by atoms with Crippen molar-refractivity contribution in [2.45, 2.75) is 45.1 Å². The van der Waals surface area contributed by atoms with Gasteiger partial charge in [0.2, 0.25) is 0 Å². The van der Waals surface area contributed by atoms with Crippen LogP contribution in [0.3, 0.4) is 0 Å². The Hall–Kier alpha value is -0.0900. The number of unbranched alkanes of at least 4 members (excludes halogenated alkanes) is 2. The van der Waals surface area contributed by atoms with Gasteiger partial charge in [0.25, 0.3) is 10.1 Å². The molecule has 0 aromatic rings. The fraction of sp³-hybridized carbons (Fsp3) is 1.00. The van der Waals surface area contributed by atoms with E-state index in [1.165, 1.54) is 12.8 Å². The first kappa shape index (κ1) is 9.99. The molecule has 0 amide bonds. The third kappa shape index (κ3) is 3.11. The molecule has 12 heavy (non-hydrogen) atoms. The van der Waals surface area contributed by atoms with E-state index in [0.29, 0.717) is 6.42 Å². The van der Waals surface area contributed by atoms with Crippen molar-refractivity contribution in [2.75, 3.05) is 5.75 Å². The average Bonchev–Trinajstić information content (AvgIpc) is 2.31. The van der Waals surface area contributed by atoms with Crippen molar-refractivity contribution in [2.24, 2.45) is 0 Å². The first-order valence-electron chi connectivity index (χ1n) is 4.55. The highest BCUT2D eigenvalue weighted by molar-refractivity contribution is 7.86. The predicted octanol–water partition coefficient (Wildman–Crippen LogP) is 1.69. The van der Waals surface area contributed by atoms with Crippen molar-refractivity contribution in [3.8, 4) is 0 Å². The molecule has 1 unspecified atom stereocenters. The molecule has 1 atom stereocenters. The van der Waals surface area contributed by atoms with E-state index in [1.54, 1.807) is 0 Å². The molecule has 1 fully saturated rings. The first-order chi connectivity index (χ1) is 5.64. The molecule has 1 saturated heterocycles. The summed E-state index contributed by atoms with van der Waals surface area (Å²) >= 11 is 0. The minimum atomic E-state index is -3.13. The zero-order valence-corrected chi connectivity index (χ0v) is 8.27. The number of hydrogen-bond donors (Lipinski definition) is 0. The molecule has 0 bridgehead atoms. The second-order valence-corrected chi connectivity index (χ2v) is 4.98. The molecule has 0 N–H and O–H groups in total. The Bertz CT molecular complexity index is 220. The fourth-order valence-electron chi connectivity index (χ4n) is 1.39. The van der Waals surface area contributed by atoms with E-state index in [-0.39, 0.29) is 11.9 Å². The smallest absolute Gasteiger partial charge is 0.267 e. The van der Waals surface area contributed by atoms with Crippen molar-refractivity contribution < 1.29 is 12.6 Å². The van der Waals surface area contributed by atoms with Crippen LogP contribution in [0.25, 0.3) is 0 Å². The van der Waals surface area contributed by atoms with Crippen LogP contribution >= 0.6 is 0 Å². The molecular formula is C8H16O3S. The summed E-state index contributed by atoms with van der Waals surface area (Å²) in [6.45, 7) is 2.13. The topological polar surface area (TPSA) is 43.4 Å². The summed E-state index contributed by atoms with van der Waals surface area (Å²) < 4.78 is 26.6. The quantitative estimate of drug-likeness (QED) is 0.503. The zero-order chi connectivity index (χ0) is 9.03. The highest BCUT2D eigenvalue weighted by Crippen LogP contribution is 2.20. The van der Waals surface area contributed by atoms with Crippen LogP contribution in [0.5, 0.6) is 0 Å². The van der Waals surface area contributed by atoms with Gasteiger partial charge in [-0.05, 0) is 12.8 Å². The zero-order valence-electron chi connectivity index (χ0n) is 7.45. The molecule has 0 aromatic heterocycles. The van der Waals surface area contributed by atoms with Crippen LogP contribution in [0.1, 0.15) is 39.0 Å². The highest BCUT2D eigenvalue weighted by Gasteiger charge is 2.27. The van der Waals surface area contributed by atoms with Gasteiger partial charge in [-0.15, -0.1) is 0 Å². The van der Waals surface area contributed by atoms with Crippen LogP contribution in [0.15, 0.2) is 0 Å². The van der Waals surface area contributed by atoms with Crippen molar-refractivity contribution in [1.82, 2.24) is 0 Å². The molecule has 1 aliphatic heterocycles. The lowest BCUT2D eigenvalue weighted by Gasteiger charge is -2.05. The Morgan fingerprint density at radius 1 is 1.42 bits per heavy atom. The average molecular weight is 192 g/mol. The SMILES string of the molecule is CCCCCC1CCS(=O)(=O)O1. The molecule has 0 aliphatic carbocycles. The maximum absolute atomic E-state index is 10.9. The molecule has 72 valence electrons. The van der Waals surface area contributed by atoms with Gasteiger partial charge in [0.05, 0.1) is 11.9 Å². The molecule has 1 heterocycles. The monoisotopic (exact) mass is 192 g/mol. The van der Waals surface area contributed by atoms with Crippen LogP contribution < -0.4 is 0 Å². The normalized spacial score (nSPS) is 27.6. The van der Waals surface area contributed by atoms with Gasteiger partial charge in [0.1, 0.15) is 0 Å². The third-order valence-electron chi connectivity index (χ3n) is 2.10. The van der Waals surface area contributed by atoms with Gasteiger partial charge in [0.15, 0.2) is 0 Å². The number of hydrogen-bond acceptors (Lipinski definition) is 3. The first-order valence-corrected chi connectivity index (χ1v) is 6.13. The summed E-state index contributed by atoms with van der Waals surface area (Å²) in [6, 6.07) is 0.